The van der Waals surface area contributed by atoms with Gasteiger partial charge in [-0.2, -0.15) is 5.10 Å². The first-order valence-corrected chi connectivity index (χ1v) is 4.80. The van der Waals surface area contributed by atoms with Crippen LogP contribution in [0.4, 0.5) is 10.1 Å². The van der Waals surface area contributed by atoms with Gasteiger partial charge in [-0.15, -0.1) is 0 Å². The minimum atomic E-state index is -0.268. The predicted molar refractivity (Wildman–Crippen MR) is 57.3 cm³/mol. The molecule has 0 radical (unpaired) electrons. The SMILES string of the molecule is Fc1ccc(Cl)cc1CNc1cn[nH]c1. The minimum absolute atomic E-state index is 0.268. The molecule has 1 aromatic heterocycles. The Bertz CT molecular complexity index is 442. The lowest BCUT2D eigenvalue weighted by molar-refractivity contribution is 0.613. The Hall–Kier alpha value is -1.55. The number of halogens is 2. The molecule has 2 aromatic rings. The van der Waals surface area contributed by atoms with Gasteiger partial charge in [-0.3, -0.25) is 5.10 Å². The second-order valence-corrected chi connectivity index (χ2v) is 3.51. The topological polar surface area (TPSA) is 40.7 Å². The van der Waals surface area contributed by atoms with Gasteiger partial charge in [0, 0.05) is 23.3 Å². The molecule has 0 bridgehead atoms. The quantitative estimate of drug-likeness (QED) is 0.843. The highest BCUT2D eigenvalue weighted by Gasteiger charge is 2.02. The Morgan fingerprint density at radius 2 is 2.33 bits per heavy atom. The molecular weight excluding hydrogens is 217 g/mol. The van der Waals surface area contributed by atoms with E-state index in [1.165, 1.54) is 12.1 Å². The van der Waals surface area contributed by atoms with Gasteiger partial charge in [0.25, 0.3) is 0 Å². The number of aromatic nitrogens is 2. The van der Waals surface area contributed by atoms with E-state index in [1.54, 1.807) is 18.5 Å². The van der Waals surface area contributed by atoms with Gasteiger partial charge in [-0.1, -0.05) is 11.6 Å². The van der Waals surface area contributed by atoms with Crippen molar-refractivity contribution >= 4 is 17.3 Å². The van der Waals surface area contributed by atoms with Crippen molar-refractivity contribution in [3.8, 4) is 0 Å². The molecule has 0 saturated heterocycles. The van der Waals surface area contributed by atoms with Crippen LogP contribution in [0.1, 0.15) is 5.56 Å². The molecular formula is C10H9ClFN3. The average molecular weight is 226 g/mol. The first kappa shape index (κ1) is 9.98. The number of nitrogens with zero attached hydrogens (tertiary/aromatic N) is 1. The van der Waals surface area contributed by atoms with Crippen LogP contribution in [-0.4, -0.2) is 10.2 Å². The lowest BCUT2D eigenvalue weighted by Gasteiger charge is -2.05. The van der Waals surface area contributed by atoms with Crippen LogP contribution in [-0.2, 0) is 6.54 Å². The summed E-state index contributed by atoms with van der Waals surface area (Å²) in [5, 5.41) is 9.97. The Kier molecular flexibility index (Phi) is 2.87. The Morgan fingerprint density at radius 1 is 1.47 bits per heavy atom. The summed E-state index contributed by atoms with van der Waals surface area (Å²) in [5.74, 6) is -0.268. The molecule has 0 fully saturated rings. The number of benzene rings is 1. The van der Waals surface area contributed by atoms with Crippen LogP contribution in [0.25, 0.3) is 0 Å². The number of rotatable bonds is 3. The fourth-order valence-electron chi connectivity index (χ4n) is 1.22. The molecule has 5 heteroatoms. The highest BCUT2D eigenvalue weighted by Crippen LogP contribution is 2.16. The maximum absolute atomic E-state index is 13.3. The highest BCUT2D eigenvalue weighted by atomic mass is 35.5. The molecule has 0 aliphatic rings. The molecule has 2 rings (SSSR count). The summed E-state index contributed by atoms with van der Waals surface area (Å²) in [4.78, 5) is 0. The van der Waals surface area contributed by atoms with Crippen molar-refractivity contribution in [3.05, 3.63) is 47.0 Å². The largest absolute Gasteiger partial charge is 0.378 e. The molecule has 0 aliphatic heterocycles. The maximum Gasteiger partial charge on any atom is 0.128 e. The van der Waals surface area contributed by atoms with Gasteiger partial charge < -0.3 is 5.32 Å². The molecule has 0 unspecified atom stereocenters. The van der Waals surface area contributed by atoms with E-state index in [9.17, 15) is 4.39 Å². The van der Waals surface area contributed by atoms with Crippen LogP contribution >= 0.6 is 11.6 Å². The third-order valence-electron chi connectivity index (χ3n) is 1.99. The van der Waals surface area contributed by atoms with Gasteiger partial charge in [0.15, 0.2) is 0 Å². The predicted octanol–water partition coefficient (Wildman–Crippen LogP) is 2.81. The van der Waals surface area contributed by atoms with Crippen molar-refractivity contribution < 1.29 is 4.39 Å². The van der Waals surface area contributed by atoms with E-state index >= 15 is 0 Å². The number of hydrogen-bond donors (Lipinski definition) is 2. The minimum Gasteiger partial charge on any atom is -0.378 e. The lowest BCUT2D eigenvalue weighted by atomic mass is 10.2. The monoisotopic (exact) mass is 225 g/mol. The van der Waals surface area contributed by atoms with E-state index in [2.05, 4.69) is 15.5 Å². The molecule has 1 heterocycles. The normalized spacial score (nSPS) is 10.3. The second kappa shape index (κ2) is 4.31. The Balaban J connectivity index is 2.07. The molecule has 2 N–H and O–H groups in total. The zero-order valence-corrected chi connectivity index (χ0v) is 8.55. The maximum atomic E-state index is 13.3. The molecule has 3 nitrogen and oxygen atoms in total. The summed E-state index contributed by atoms with van der Waals surface area (Å²) in [5.41, 5.74) is 1.35. The molecule has 0 aliphatic carbocycles. The van der Waals surface area contributed by atoms with E-state index in [-0.39, 0.29) is 5.82 Å². The number of anilines is 1. The molecule has 15 heavy (non-hydrogen) atoms. The first-order chi connectivity index (χ1) is 7.25. The fraction of sp³-hybridized carbons (Fsp3) is 0.100. The van der Waals surface area contributed by atoms with Crippen molar-refractivity contribution in [2.75, 3.05) is 5.32 Å². The van der Waals surface area contributed by atoms with Crippen LogP contribution in [0.5, 0.6) is 0 Å². The van der Waals surface area contributed by atoms with Crippen molar-refractivity contribution in [1.29, 1.82) is 0 Å². The number of H-pyrrole nitrogens is 1. The molecule has 0 saturated carbocycles. The third-order valence-corrected chi connectivity index (χ3v) is 2.22. The first-order valence-electron chi connectivity index (χ1n) is 4.42. The van der Waals surface area contributed by atoms with E-state index in [4.69, 9.17) is 11.6 Å². The fourth-order valence-corrected chi connectivity index (χ4v) is 1.42. The molecule has 1 aromatic carbocycles. The Labute approximate surface area is 91.3 Å². The average Bonchev–Trinajstić information content (AvgIpc) is 2.72. The van der Waals surface area contributed by atoms with Crippen LogP contribution in [0.3, 0.4) is 0 Å². The zero-order valence-electron chi connectivity index (χ0n) is 7.80. The van der Waals surface area contributed by atoms with Crippen LogP contribution < -0.4 is 5.32 Å². The molecule has 0 atom stereocenters. The van der Waals surface area contributed by atoms with E-state index in [0.717, 1.165) is 5.69 Å². The zero-order chi connectivity index (χ0) is 10.7. The number of nitrogens with one attached hydrogen (secondary N) is 2. The summed E-state index contributed by atoms with van der Waals surface area (Å²) >= 11 is 5.76. The third kappa shape index (κ3) is 2.47. The van der Waals surface area contributed by atoms with Gasteiger partial charge in [0.2, 0.25) is 0 Å². The second-order valence-electron chi connectivity index (χ2n) is 3.08. The van der Waals surface area contributed by atoms with Gasteiger partial charge in [-0.05, 0) is 18.2 Å². The molecule has 0 amide bonds. The van der Waals surface area contributed by atoms with Crippen LogP contribution in [0.2, 0.25) is 5.02 Å². The number of aromatic amines is 1. The molecule has 78 valence electrons. The van der Waals surface area contributed by atoms with Crippen LogP contribution in [0, 0.1) is 5.82 Å². The van der Waals surface area contributed by atoms with Crippen molar-refractivity contribution in [2.45, 2.75) is 6.54 Å². The van der Waals surface area contributed by atoms with E-state index in [1.807, 2.05) is 0 Å². The Morgan fingerprint density at radius 3 is 3.07 bits per heavy atom. The highest BCUT2D eigenvalue weighted by molar-refractivity contribution is 6.30. The van der Waals surface area contributed by atoms with Crippen molar-refractivity contribution in [3.63, 3.8) is 0 Å². The van der Waals surface area contributed by atoms with E-state index < -0.39 is 0 Å². The summed E-state index contributed by atoms with van der Waals surface area (Å²) < 4.78 is 13.3. The standard InChI is InChI=1S/C10H9ClFN3/c11-8-1-2-10(12)7(3-8)4-13-9-5-14-15-6-9/h1-3,5-6,13H,4H2,(H,14,15). The summed E-state index contributed by atoms with van der Waals surface area (Å²) in [6.45, 7) is 0.381. The van der Waals surface area contributed by atoms with E-state index in [0.29, 0.717) is 17.1 Å². The molecule has 0 spiro atoms. The van der Waals surface area contributed by atoms with Gasteiger partial charge in [0.1, 0.15) is 5.82 Å². The van der Waals surface area contributed by atoms with Crippen molar-refractivity contribution in [1.82, 2.24) is 10.2 Å². The summed E-state index contributed by atoms with van der Waals surface area (Å²) in [7, 11) is 0. The summed E-state index contributed by atoms with van der Waals surface area (Å²) in [6.07, 6.45) is 3.32. The van der Waals surface area contributed by atoms with Gasteiger partial charge in [-0.25, -0.2) is 4.39 Å². The van der Waals surface area contributed by atoms with Gasteiger partial charge >= 0.3 is 0 Å². The van der Waals surface area contributed by atoms with Gasteiger partial charge in [0.05, 0.1) is 11.9 Å². The summed E-state index contributed by atoms with van der Waals surface area (Å²) in [6, 6.07) is 4.48. The van der Waals surface area contributed by atoms with Crippen molar-refractivity contribution in [2.24, 2.45) is 0 Å². The number of hydrogen-bond acceptors (Lipinski definition) is 2. The lowest BCUT2D eigenvalue weighted by Crippen LogP contribution is -2.00. The van der Waals surface area contributed by atoms with Crippen LogP contribution in [0.15, 0.2) is 30.6 Å². The smallest absolute Gasteiger partial charge is 0.128 e.